The van der Waals surface area contributed by atoms with Gasteiger partial charge in [0.2, 0.25) is 10.0 Å². The number of amides is 1. The van der Waals surface area contributed by atoms with Crippen molar-refractivity contribution < 1.29 is 35.5 Å². The zero-order chi connectivity index (χ0) is 22.0. The lowest BCUT2D eigenvalue weighted by Gasteiger charge is -2.18. The van der Waals surface area contributed by atoms with Crippen molar-refractivity contribution in [3.63, 3.8) is 0 Å². The number of benzene rings is 1. The molecule has 2 aromatic rings. The first kappa shape index (κ1) is 22.6. The minimum Gasteiger partial charge on any atom is -0.496 e. The van der Waals surface area contributed by atoms with E-state index in [4.69, 9.17) is 4.74 Å². The Morgan fingerprint density at radius 3 is 2.41 bits per heavy atom. The summed E-state index contributed by atoms with van der Waals surface area (Å²) in [4.78, 5) is 15.8. The average Bonchev–Trinajstić information content (AvgIpc) is 2.63. The van der Waals surface area contributed by atoms with Crippen LogP contribution in [0.3, 0.4) is 0 Å². The van der Waals surface area contributed by atoms with Gasteiger partial charge in [0, 0.05) is 0 Å². The van der Waals surface area contributed by atoms with Crippen molar-refractivity contribution in [3.05, 3.63) is 47.4 Å². The molecule has 1 aromatic heterocycles. The van der Waals surface area contributed by atoms with Gasteiger partial charge in [-0.25, -0.2) is 17.8 Å². The van der Waals surface area contributed by atoms with Crippen LogP contribution in [0.15, 0.2) is 35.2 Å². The van der Waals surface area contributed by atoms with E-state index in [0.717, 1.165) is 24.3 Å². The Hall–Kier alpha value is -2.73. The fourth-order valence-corrected chi connectivity index (χ4v) is 3.45. The highest BCUT2D eigenvalue weighted by atomic mass is 32.2. The summed E-state index contributed by atoms with van der Waals surface area (Å²) in [5.41, 5.74) is -0.241. The number of aromatic nitrogens is 1. The van der Waals surface area contributed by atoms with Crippen LogP contribution >= 0.6 is 0 Å². The van der Waals surface area contributed by atoms with E-state index in [-0.39, 0.29) is 22.8 Å². The second kappa shape index (κ2) is 8.33. The molecule has 0 spiro atoms. The van der Waals surface area contributed by atoms with Gasteiger partial charge in [0.1, 0.15) is 23.4 Å². The molecule has 29 heavy (non-hydrogen) atoms. The van der Waals surface area contributed by atoms with Gasteiger partial charge < -0.3 is 10.1 Å². The van der Waals surface area contributed by atoms with Gasteiger partial charge in [0.05, 0.1) is 23.3 Å². The van der Waals surface area contributed by atoms with E-state index in [1.54, 1.807) is 0 Å². The van der Waals surface area contributed by atoms with Gasteiger partial charge >= 0.3 is 6.18 Å². The molecule has 2 rings (SSSR count). The highest BCUT2D eigenvalue weighted by molar-refractivity contribution is 7.89. The smallest absolute Gasteiger partial charge is 0.404 e. The van der Waals surface area contributed by atoms with Crippen molar-refractivity contribution in [2.75, 3.05) is 12.4 Å². The third-order valence-corrected chi connectivity index (χ3v) is 5.35. The number of hydrogen-bond donors (Lipinski definition) is 2. The van der Waals surface area contributed by atoms with Gasteiger partial charge in [0.15, 0.2) is 0 Å². The van der Waals surface area contributed by atoms with Crippen molar-refractivity contribution in [2.45, 2.75) is 31.0 Å². The van der Waals surface area contributed by atoms with E-state index in [1.165, 1.54) is 24.8 Å². The summed E-state index contributed by atoms with van der Waals surface area (Å²) in [7, 11) is -3.35. The van der Waals surface area contributed by atoms with Gasteiger partial charge in [0.25, 0.3) is 5.91 Å². The molecule has 0 fully saturated rings. The molecule has 0 aliphatic heterocycles. The summed E-state index contributed by atoms with van der Waals surface area (Å²) in [5.74, 6) is -1.46. The van der Waals surface area contributed by atoms with Gasteiger partial charge in [-0.3, -0.25) is 4.79 Å². The maximum atomic E-state index is 13.3. The number of methoxy groups -OCH3 is 1. The first-order valence-electron chi connectivity index (χ1n) is 8.06. The number of rotatable bonds is 6. The van der Waals surface area contributed by atoms with Gasteiger partial charge in [-0.15, -0.1) is 0 Å². The summed E-state index contributed by atoms with van der Waals surface area (Å²) in [6.07, 6.45) is -4.79. The number of aryl methyl sites for hydroxylation is 1. The molecule has 1 atom stereocenters. The largest absolute Gasteiger partial charge is 0.496 e. The van der Waals surface area contributed by atoms with E-state index in [1.807, 2.05) is 0 Å². The van der Waals surface area contributed by atoms with Gasteiger partial charge in [-0.1, -0.05) is 0 Å². The lowest BCUT2D eigenvalue weighted by Crippen LogP contribution is -2.43. The monoisotopic (exact) mass is 435 g/mol. The number of anilines is 1. The zero-order valence-corrected chi connectivity index (χ0v) is 16.3. The zero-order valence-electron chi connectivity index (χ0n) is 15.5. The average molecular weight is 435 g/mol. The molecule has 12 heteroatoms. The van der Waals surface area contributed by atoms with Crippen molar-refractivity contribution in [3.8, 4) is 5.75 Å². The predicted molar refractivity (Wildman–Crippen MR) is 95.7 cm³/mol. The topological polar surface area (TPSA) is 97.4 Å². The lowest BCUT2D eigenvalue weighted by molar-refractivity contribution is -0.147. The summed E-state index contributed by atoms with van der Waals surface area (Å²) < 4.78 is 82.4. The van der Waals surface area contributed by atoms with Crippen LogP contribution in [0.5, 0.6) is 5.75 Å². The third kappa shape index (κ3) is 5.41. The molecule has 1 unspecified atom stereocenters. The summed E-state index contributed by atoms with van der Waals surface area (Å²) in [6, 6.07) is 2.94. The fraction of sp³-hybridized carbons (Fsp3) is 0.294. The number of carbonyl (C=O) groups excluding carboxylic acids is 1. The van der Waals surface area contributed by atoms with E-state index in [9.17, 15) is 30.8 Å². The molecule has 0 radical (unpaired) electrons. The maximum absolute atomic E-state index is 13.3. The number of nitrogens with one attached hydrogen (secondary N) is 2. The Labute approximate surface area is 164 Å². The Morgan fingerprint density at radius 1 is 1.21 bits per heavy atom. The highest BCUT2D eigenvalue weighted by Gasteiger charge is 2.39. The quantitative estimate of drug-likeness (QED) is 0.680. The van der Waals surface area contributed by atoms with Gasteiger partial charge in [-0.05, 0) is 44.2 Å². The second-order valence-electron chi connectivity index (χ2n) is 5.96. The standard InChI is InChI=1S/C17H17F4N3O4S/c1-9-13(18)5-7-15(22-9)23-16(25)12-8-11(4-6-14(12)28-3)29(26,27)24-10(2)17(19,20)21/h4-8,10,24H,1-3H3,(H,22,23,25). The van der Waals surface area contributed by atoms with Crippen LogP contribution in [0.1, 0.15) is 23.0 Å². The van der Waals surface area contributed by atoms with Crippen molar-refractivity contribution in [1.82, 2.24) is 9.71 Å². The molecule has 0 bridgehead atoms. The summed E-state index contributed by atoms with van der Waals surface area (Å²) in [6.45, 7) is 2.03. The summed E-state index contributed by atoms with van der Waals surface area (Å²) in [5, 5.41) is 2.35. The van der Waals surface area contributed by atoms with Crippen molar-refractivity contribution in [2.24, 2.45) is 0 Å². The Bertz CT molecular complexity index is 1030. The molecule has 0 aliphatic rings. The van der Waals surface area contributed by atoms with Crippen LogP contribution in [0.25, 0.3) is 0 Å². The number of sulfonamides is 1. The van der Waals surface area contributed by atoms with Crippen LogP contribution in [0.4, 0.5) is 23.4 Å². The molecule has 158 valence electrons. The first-order chi connectivity index (χ1) is 13.3. The molecule has 2 N–H and O–H groups in total. The minimum absolute atomic E-state index is 0.00645. The second-order valence-corrected chi connectivity index (χ2v) is 7.68. The predicted octanol–water partition coefficient (Wildman–Crippen LogP) is 3.02. The van der Waals surface area contributed by atoms with E-state index >= 15 is 0 Å². The maximum Gasteiger partial charge on any atom is 0.404 e. The Kier molecular flexibility index (Phi) is 6.48. The molecular weight excluding hydrogens is 418 g/mol. The Balaban J connectivity index is 2.37. The fourth-order valence-electron chi connectivity index (χ4n) is 2.20. The number of ether oxygens (including phenoxy) is 1. The lowest BCUT2D eigenvalue weighted by atomic mass is 10.2. The van der Waals surface area contributed by atoms with Crippen LogP contribution in [-0.4, -0.2) is 38.6 Å². The van der Waals surface area contributed by atoms with Crippen LogP contribution < -0.4 is 14.8 Å². The SMILES string of the molecule is COc1ccc(S(=O)(=O)NC(C)C(F)(F)F)cc1C(=O)Nc1ccc(F)c(C)n1. The third-order valence-electron chi connectivity index (χ3n) is 3.81. The van der Waals surface area contributed by atoms with Crippen molar-refractivity contribution >= 4 is 21.7 Å². The molecule has 7 nitrogen and oxygen atoms in total. The van der Waals surface area contributed by atoms with Gasteiger partial charge in [-0.2, -0.15) is 17.9 Å². The normalized spacial score (nSPS) is 13.1. The van der Waals surface area contributed by atoms with Crippen LogP contribution in [-0.2, 0) is 10.0 Å². The molecule has 1 aromatic carbocycles. The highest BCUT2D eigenvalue weighted by Crippen LogP contribution is 2.26. The Morgan fingerprint density at radius 2 is 1.86 bits per heavy atom. The number of halogens is 4. The first-order valence-corrected chi connectivity index (χ1v) is 9.55. The molecule has 1 amide bonds. The van der Waals surface area contributed by atoms with E-state index < -0.39 is 38.9 Å². The number of alkyl halides is 3. The molecule has 0 aliphatic carbocycles. The van der Waals surface area contributed by atoms with Crippen LogP contribution in [0, 0.1) is 12.7 Å². The van der Waals surface area contributed by atoms with Crippen LogP contribution in [0.2, 0.25) is 0 Å². The number of hydrogen-bond acceptors (Lipinski definition) is 5. The molecular formula is C17H17F4N3O4S. The number of pyridine rings is 1. The molecule has 0 saturated heterocycles. The van der Waals surface area contributed by atoms with E-state index in [2.05, 4.69) is 10.3 Å². The van der Waals surface area contributed by atoms with Crippen molar-refractivity contribution in [1.29, 1.82) is 0 Å². The number of carbonyl (C=O) groups is 1. The number of nitrogens with zero attached hydrogens (tertiary/aromatic N) is 1. The summed E-state index contributed by atoms with van der Waals surface area (Å²) >= 11 is 0. The molecule has 1 heterocycles. The van der Waals surface area contributed by atoms with E-state index in [0.29, 0.717) is 6.92 Å². The minimum atomic E-state index is -4.79. The molecule has 0 saturated carbocycles.